The molecule has 0 saturated carbocycles. The van der Waals surface area contributed by atoms with Gasteiger partial charge >= 0.3 is 0 Å². The van der Waals surface area contributed by atoms with E-state index in [4.69, 9.17) is 25.8 Å². The standard InChI is InChI=1S/C24H29ClFN5O3/c1-31(2)10-6-9-27-23-17(15-11-20(32-3)22(34-5)21(12-15)33-4)14-28-24(30-23)29-16-7-8-19(26)18(25)13-16/h7-8,11-14H,6,9-10H2,1-5H3,(H2,27,28,29,30). The Labute approximate surface area is 204 Å². The third-order valence-corrected chi connectivity index (χ3v) is 5.30. The molecule has 0 bridgehead atoms. The predicted molar refractivity (Wildman–Crippen MR) is 133 cm³/mol. The maximum atomic E-state index is 13.5. The van der Waals surface area contributed by atoms with Gasteiger partial charge in [-0.1, -0.05) is 11.6 Å². The van der Waals surface area contributed by atoms with Gasteiger partial charge in [-0.3, -0.25) is 0 Å². The Hall–Kier alpha value is -3.30. The smallest absolute Gasteiger partial charge is 0.229 e. The van der Waals surface area contributed by atoms with Gasteiger partial charge in [0.15, 0.2) is 11.5 Å². The molecule has 0 aliphatic heterocycles. The van der Waals surface area contributed by atoms with Gasteiger partial charge in [0.05, 0.1) is 26.4 Å². The van der Waals surface area contributed by atoms with Crippen molar-refractivity contribution in [2.24, 2.45) is 0 Å². The lowest BCUT2D eigenvalue weighted by Crippen LogP contribution is -2.17. The predicted octanol–water partition coefficient (Wildman–Crippen LogP) is 5.07. The minimum atomic E-state index is -0.492. The van der Waals surface area contributed by atoms with E-state index in [2.05, 4.69) is 25.5 Å². The van der Waals surface area contributed by atoms with Gasteiger partial charge < -0.3 is 29.7 Å². The number of ether oxygens (including phenoxy) is 3. The van der Waals surface area contributed by atoms with Crippen molar-refractivity contribution in [1.29, 1.82) is 0 Å². The number of methoxy groups -OCH3 is 3. The zero-order valence-corrected chi connectivity index (χ0v) is 20.7. The molecule has 1 aromatic heterocycles. The highest BCUT2D eigenvalue weighted by atomic mass is 35.5. The Balaban J connectivity index is 1.99. The number of aromatic nitrogens is 2. The second-order valence-electron chi connectivity index (χ2n) is 7.71. The fourth-order valence-electron chi connectivity index (χ4n) is 3.33. The number of hydrogen-bond acceptors (Lipinski definition) is 8. The minimum absolute atomic E-state index is 0.0149. The molecule has 3 rings (SSSR count). The van der Waals surface area contributed by atoms with Gasteiger partial charge in [0.25, 0.3) is 0 Å². The lowest BCUT2D eigenvalue weighted by molar-refractivity contribution is 0.324. The average Bonchev–Trinajstić information content (AvgIpc) is 2.83. The lowest BCUT2D eigenvalue weighted by Gasteiger charge is -2.17. The molecule has 0 radical (unpaired) electrons. The van der Waals surface area contributed by atoms with Crippen LogP contribution in [0.3, 0.4) is 0 Å². The highest BCUT2D eigenvalue weighted by Gasteiger charge is 2.17. The molecule has 0 aliphatic carbocycles. The quantitative estimate of drug-likeness (QED) is 0.361. The van der Waals surface area contributed by atoms with E-state index in [0.717, 1.165) is 24.1 Å². The van der Waals surface area contributed by atoms with Crippen LogP contribution >= 0.6 is 11.6 Å². The van der Waals surface area contributed by atoms with Crippen LogP contribution in [-0.2, 0) is 0 Å². The second-order valence-corrected chi connectivity index (χ2v) is 8.11. The Kier molecular flexibility index (Phi) is 8.72. The highest BCUT2D eigenvalue weighted by Crippen LogP contribution is 2.42. The van der Waals surface area contributed by atoms with E-state index in [1.54, 1.807) is 33.6 Å². The first kappa shape index (κ1) is 25.3. The summed E-state index contributed by atoms with van der Waals surface area (Å²) in [6, 6.07) is 8.03. The van der Waals surface area contributed by atoms with Crippen molar-refractivity contribution in [3.05, 3.63) is 47.4 Å². The summed E-state index contributed by atoms with van der Waals surface area (Å²) in [6.45, 7) is 1.63. The van der Waals surface area contributed by atoms with Crippen molar-refractivity contribution in [3.8, 4) is 28.4 Å². The molecule has 0 atom stereocenters. The largest absolute Gasteiger partial charge is 0.493 e. The van der Waals surface area contributed by atoms with Crippen LogP contribution in [0, 0.1) is 5.82 Å². The van der Waals surface area contributed by atoms with Gasteiger partial charge in [-0.05, 0) is 63.0 Å². The van der Waals surface area contributed by atoms with Gasteiger partial charge in [-0.15, -0.1) is 0 Å². The van der Waals surface area contributed by atoms with Crippen LogP contribution < -0.4 is 24.8 Å². The van der Waals surface area contributed by atoms with Gasteiger partial charge in [0.2, 0.25) is 11.7 Å². The third kappa shape index (κ3) is 6.18. The number of nitrogens with one attached hydrogen (secondary N) is 2. The van der Waals surface area contributed by atoms with Gasteiger partial charge in [0.1, 0.15) is 11.6 Å². The van der Waals surface area contributed by atoms with E-state index in [-0.39, 0.29) is 5.02 Å². The first-order chi connectivity index (χ1) is 16.4. The fraction of sp³-hybridized carbons (Fsp3) is 0.333. The van der Waals surface area contributed by atoms with E-state index >= 15 is 0 Å². The molecule has 0 spiro atoms. The van der Waals surface area contributed by atoms with Crippen molar-refractivity contribution in [2.75, 3.05) is 59.1 Å². The average molecular weight is 490 g/mol. The van der Waals surface area contributed by atoms with E-state index in [1.165, 1.54) is 12.1 Å². The van der Waals surface area contributed by atoms with Crippen molar-refractivity contribution < 1.29 is 18.6 Å². The summed E-state index contributed by atoms with van der Waals surface area (Å²) in [5.41, 5.74) is 2.12. The molecule has 1 heterocycles. The summed E-state index contributed by atoms with van der Waals surface area (Å²) in [5.74, 6) is 2.03. The van der Waals surface area contributed by atoms with Crippen LogP contribution in [-0.4, -0.2) is 63.4 Å². The van der Waals surface area contributed by atoms with Crippen LogP contribution in [0.25, 0.3) is 11.1 Å². The Morgan fingerprint density at radius 3 is 2.32 bits per heavy atom. The van der Waals surface area contributed by atoms with Crippen molar-refractivity contribution in [1.82, 2.24) is 14.9 Å². The first-order valence-corrected chi connectivity index (χ1v) is 11.0. The summed E-state index contributed by atoms with van der Waals surface area (Å²) in [5, 5.41) is 6.49. The van der Waals surface area contributed by atoms with Gasteiger partial charge in [-0.2, -0.15) is 4.98 Å². The zero-order valence-electron chi connectivity index (χ0n) is 19.9. The Morgan fingerprint density at radius 2 is 1.74 bits per heavy atom. The molecule has 0 unspecified atom stereocenters. The van der Waals surface area contributed by atoms with E-state index < -0.39 is 5.82 Å². The Morgan fingerprint density at radius 1 is 1.03 bits per heavy atom. The molecule has 8 nitrogen and oxygen atoms in total. The van der Waals surface area contributed by atoms with Crippen LogP contribution in [0.2, 0.25) is 5.02 Å². The summed E-state index contributed by atoms with van der Waals surface area (Å²) in [4.78, 5) is 11.2. The number of benzene rings is 2. The topological polar surface area (TPSA) is 80.8 Å². The fourth-order valence-corrected chi connectivity index (χ4v) is 3.51. The first-order valence-electron chi connectivity index (χ1n) is 10.6. The number of hydrogen-bond donors (Lipinski definition) is 2. The molecule has 34 heavy (non-hydrogen) atoms. The SMILES string of the molecule is COc1cc(-c2cnc(Nc3ccc(F)c(Cl)c3)nc2NCCCN(C)C)cc(OC)c1OC. The molecule has 10 heteroatoms. The molecule has 0 saturated heterocycles. The highest BCUT2D eigenvalue weighted by molar-refractivity contribution is 6.31. The van der Waals surface area contributed by atoms with E-state index in [9.17, 15) is 4.39 Å². The number of nitrogens with zero attached hydrogens (tertiary/aromatic N) is 3. The van der Waals surface area contributed by atoms with Crippen LogP contribution in [0.5, 0.6) is 17.2 Å². The molecule has 0 aliphatic rings. The van der Waals surface area contributed by atoms with Crippen LogP contribution in [0.4, 0.5) is 21.8 Å². The van der Waals surface area contributed by atoms with Crippen molar-refractivity contribution in [3.63, 3.8) is 0 Å². The minimum Gasteiger partial charge on any atom is -0.493 e. The summed E-state index contributed by atoms with van der Waals surface area (Å²) in [6.07, 6.45) is 2.62. The third-order valence-electron chi connectivity index (χ3n) is 5.01. The normalized spacial score (nSPS) is 10.8. The van der Waals surface area contributed by atoms with Crippen molar-refractivity contribution in [2.45, 2.75) is 6.42 Å². The summed E-state index contributed by atoms with van der Waals surface area (Å²) >= 11 is 5.90. The number of rotatable bonds is 11. The molecule has 2 aromatic carbocycles. The van der Waals surface area contributed by atoms with Crippen LogP contribution in [0.15, 0.2) is 36.5 Å². The molecular formula is C24H29ClFN5O3. The lowest BCUT2D eigenvalue weighted by atomic mass is 10.1. The number of halogens is 2. The monoisotopic (exact) mass is 489 g/mol. The van der Waals surface area contributed by atoms with Gasteiger partial charge in [-0.25, -0.2) is 9.37 Å². The summed E-state index contributed by atoms with van der Waals surface area (Å²) < 4.78 is 30.0. The van der Waals surface area contributed by atoms with E-state index in [1.807, 2.05) is 26.2 Å². The maximum Gasteiger partial charge on any atom is 0.229 e. The molecule has 0 fully saturated rings. The van der Waals surface area contributed by atoms with E-state index in [0.29, 0.717) is 41.2 Å². The number of anilines is 3. The van der Waals surface area contributed by atoms with Crippen LogP contribution in [0.1, 0.15) is 6.42 Å². The summed E-state index contributed by atoms with van der Waals surface area (Å²) in [7, 11) is 8.75. The molecule has 182 valence electrons. The molecule has 0 amide bonds. The molecule has 2 N–H and O–H groups in total. The van der Waals surface area contributed by atoms with Gasteiger partial charge in [0, 0.05) is 24.0 Å². The second kappa shape index (κ2) is 11.7. The molecular weight excluding hydrogens is 461 g/mol. The zero-order chi connectivity index (χ0) is 24.7. The molecule has 3 aromatic rings. The van der Waals surface area contributed by atoms with Crippen molar-refractivity contribution >= 4 is 29.1 Å². The maximum absolute atomic E-state index is 13.5. The Bertz CT molecular complexity index is 1100.